The maximum Gasteiger partial charge on any atom is 0.0521 e. The Morgan fingerprint density at radius 1 is 1.25 bits per heavy atom. The molecule has 0 spiro atoms. The van der Waals surface area contributed by atoms with E-state index in [1.807, 2.05) is 0 Å². The predicted molar refractivity (Wildman–Crippen MR) is 85.1 cm³/mol. The number of hydrogen-bond acceptors (Lipinski definition) is 3. The zero-order valence-corrected chi connectivity index (χ0v) is 13.7. The Labute approximate surface area is 125 Å². The van der Waals surface area contributed by atoms with Gasteiger partial charge < -0.3 is 10.1 Å². The fourth-order valence-electron chi connectivity index (χ4n) is 3.16. The number of nitrogens with zero attached hydrogens (tertiary/aromatic N) is 1. The second kappa shape index (κ2) is 8.35. The fourth-order valence-corrected chi connectivity index (χ4v) is 3.16. The van der Waals surface area contributed by atoms with E-state index in [2.05, 4.69) is 31.0 Å². The second-order valence-corrected chi connectivity index (χ2v) is 7.09. The average Bonchev–Trinajstić information content (AvgIpc) is 3.26. The Hall–Kier alpha value is -0.120. The molecule has 2 unspecified atom stereocenters. The summed E-state index contributed by atoms with van der Waals surface area (Å²) < 4.78 is 5.75. The van der Waals surface area contributed by atoms with E-state index in [9.17, 15) is 0 Å². The van der Waals surface area contributed by atoms with Crippen molar-refractivity contribution in [2.45, 2.75) is 65.0 Å². The summed E-state index contributed by atoms with van der Waals surface area (Å²) in [6, 6.07) is 1.55. The van der Waals surface area contributed by atoms with E-state index >= 15 is 0 Å². The highest BCUT2D eigenvalue weighted by atomic mass is 16.5. The van der Waals surface area contributed by atoms with E-state index in [-0.39, 0.29) is 0 Å². The van der Waals surface area contributed by atoms with E-state index in [0.29, 0.717) is 12.0 Å². The number of nitrogens with one attached hydrogen (secondary N) is 1. The van der Waals surface area contributed by atoms with Gasteiger partial charge in [0.1, 0.15) is 0 Å². The first kappa shape index (κ1) is 16.3. The molecule has 0 bridgehead atoms. The van der Waals surface area contributed by atoms with Crippen LogP contribution in [0.15, 0.2) is 0 Å². The lowest BCUT2D eigenvalue weighted by Gasteiger charge is -2.36. The number of hydrogen-bond donors (Lipinski definition) is 1. The summed E-state index contributed by atoms with van der Waals surface area (Å²) in [4.78, 5) is 2.75. The normalized spacial score (nSPS) is 27.4. The molecule has 2 rings (SSSR count). The van der Waals surface area contributed by atoms with Gasteiger partial charge in [0.15, 0.2) is 0 Å². The third-order valence-electron chi connectivity index (χ3n) is 4.66. The van der Waals surface area contributed by atoms with Crippen LogP contribution in [0.1, 0.15) is 52.9 Å². The minimum atomic E-state index is 0.670. The van der Waals surface area contributed by atoms with Crippen molar-refractivity contribution in [2.75, 3.05) is 32.8 Å². The van der Waals surface area contributed by atoms with Gasteiger partial charge in [-0.1, -0.05) is 20.8 Å². The molecule has 2 fully saturated rings. The zero-order chi connectivity index (χ0) is 14.4. The Balaban J connectivity index is 1.82. The SMILES string of the molecule is CCCNC1CCOCC1CN(CCC(C)C)C1CC1. The molecular weight excluding hydrogens is 248 g/mol. The first-order valence-electron chi connectivity index (χ1n) is 8.75. The molecule has 0 amide bonds. The van der Waals surface area contributed by atoms with Crippen LogP contribution >= 0.6 is 0 Å². The number of ether oxygens (including phenoxy) is 1. The van der Waals surface area contributed by atoms with Crippen LogP contribution < -0.4 is 5.32 Å². The first-order chi connectivity index (χ1) is 9.70. The molecule has 118 valence electrons. The van der Waals surface area contributed by atoms with E-state index in [1.54, 1.807) is 0 Å². The minimum Gasteiger partial charge on any atom is -0.381 e. The van der Waals surface area contributed by atoms with Gasteiger partial charge in [-0.05, 0) is 51.1 Å². The van der Waals surface area contributed by atoms with Gasteiger partial charge in [0.05, 0.1) is 6.61 Å². The van der Waals surface area contributed by atoms with Crippen molar-refractivity contribution in [1.82, 2.24) is 10.2 Å². The van der Waals surface area contributed by atoms with Crippen LogP contribution in [0.25, 0.3) is 0 Å². The molecule has 1 saturated heterocycles. The van der Waals surface area contributed by atoms with Gasteiger partial charge >= 0.3 is 0 Å². The Morgan fingerprint density at radius 2 is 2.05 bits per heavy atom. The van der Waals surface area contributed by atoms with Crippen LogP contribution in [0.2, 0.25) is 0 Å². The molecule has 1 aliphatic carbocycles. The molecule has 1 N–H and O–H groups in total. The van der Waals surface area contributed by atoms with E-state index in [0.717, 1.165) is 31.7 Å². The van der Waals surface area contributed by atoms with Crippen LogP contribution in [-0.2, 0) is 4.74 Å². The molecule has 0 radical (unpaired) electrons. The highest BCUT2D eigenvalue weighted by molar-refractivity contribution is 4.89. The lowest BCUT2D eigenvalue weighted by atomic mass is 9.94. The van der Waals surface area contributed by atoms with Crippen LogP contribution in [0.4, 0.5) is 0 Å². The Bertz CT molecular complexity index is 266. The van der Waals surface area contributed by atoms with Crippen molar-refractivity contribution in [3.8, 4) is 0 Å². The van der Waals surface area contributed by atoms with Crippen molar-refractivity contribution in [2.24, 2.45) is 11.8 Å². The van der Waals surface area contributed by atoms with Crippen molar-refractivity contribution < 1.29 is 4.74 Å². The van der Waals surface area contributed by atoms with Gasteiger partial charge in [0.2, 0.25) is 0 Å². The second-order valence-electron chi connectivity index (χ2n) is 7.09. The molecule has 0 aromatic rings. The lowest BCUT2D eigenvalue weighted by molar-refractivity contribution is 0.0148. The first-order valence-corrected chi connectivity index (χ1v) is 8.75. The zero-order valence-electron chi connectivity index (χ0n) is 13.7. The third kappa shape index (κ3) is 5.34. The number of rotatable bonds is 9. The molecule has 0 aromatic carbocycles. The van der Waals surface area contributed by atoms with Crippen LogP contribution in [0.5, 0.6) is 0 Å². The van der Waals surface area contributed by atoms with Gasteiger partial charge in [-0.3, -0.25) is 4.90 Å². The summed E-state index contributed by atoms with van der Waals surface area (Å²) >= 11 is 0. The van der Waals surface area contributed by atoms with Gasteiger partial charge in [0.25, 0.3) is 0 Å². The smallest absolute Gasteiger partial charge is 0.0521 e. The quantitative estimate of drug-likeness (QED) is 0.704. The third-order valence-corrected chi connectivity index (χ3v) is 4.66. The summed E-state index contributed by atoms with van der Waals surface area (Å²) in [7, 11) is 0. The minimum absolute atomic E-state index is 0.670. The summed E-state index contributed by atoms with van der Waals surface area (Å²) in [6.45, 7) is 12.5. The topological polar surface area (TPSA) is 24.5 Å². The lowest BCUT2D eigenvalue weighted by Crippen LogP contribution is -2.48. The Kier molecular flexibility index (Phi) is 6.79. The maximum absolute atomic E-state index is 5.75. The standard InChI is InChI=1S/C17H34N2O/c1-4-9-18-17-8-11-20-13-15(17)12-19(16-5-6-16)10-7-14(2)3/h14-18H,4-13H2,1-3H3. The molecule has 2 atom stereocenters. The largest absolute Gasteiger partial charge is 0.381 e. The average molecular weight is 282 g/mol. The van der Waals surface area contributed by atoms with Crippen molar-refractivity contribution in [1.29, 1.82) is 0 Å². The van der Waals surface area contributed by atoms with Crippen molar-refractivity contribution in [3.05, 3.63) is 0 Å². The van der Waals surface area contributed by atoms with E-state index in [4.69, 9.17) is 4.74 Å². The van der Waals surface area contributed by atoms with Gasteiger partial charge in [-0.25, -0.2) is 0 Å². The fraction of sp³-hybridized carbons (Fsp3) is 1.00. The molecule has 1 heterocycles. The van der Waals surface area contributed by atoms with Crippen molar-refractivity contribution >= 4 is 0 Å². The van der Waals surface area contributed by atoms with E-state index < -0.39 is 0 Å². The van der Waals surface area contributed by atoms with Crippen LogP contribution in [0.3, 0.4) is 0 Å². The van der Waals surface area contributed by atoms with Gasteiger partial charge in [0, 0.05) is 31.2 Å². The van der Waals surface area contributed by atoms with Crippen molar-refractivity contribution in [3.63, 3.8) is 0 Å². The molecule has 1 saturated carbocycles. The highest BCUT2D eigenvalue weighted by Crippen LogP contribution is 2.29. The van der Waals surface area contributed by atoms with E-state index in [1.165, 1.54) is 45.2 Å². The summed E-state index contributed by atoms with van der Waals surface area (Å²) in [5, 5.41) is 3.74. The summed E-state index contributed by atoms with van der Waals surface area (Å²) in [5.74, 6) is 1.50. The van der Waals surface area contributed by atoms with Crippen LogP contribution in [-0.4, -0.2) is 49.8 Å². The molecule has 1 aliphatic heterocycles. The highest BCUT2D eigenvalue weighted by Gasteiger charge is 2.33. The molecule has 2 aliphatic rings. The maximum atomic E-state index is 5.75. The van der Waals surface area contributed by atoms with Gasteiger partial charge in [-0.2, -0.15) is 0 Å². The molecule has 0 aromatic heterocycles. The Morgan fingerprint density at radius 3 is 2.70 bits per heavy atom. The molecule has 3 heteroatoms. The summed E-state index contributed by atoms with van der Waals surface area (Å²) in [6.07, 6.45) is 6.58. The van der Waals surface area contributed by atoms with Gasteiger partial charge in [-0.15, -0.1) is 0 Å². The van der Waals surface area contributed by atoms with Crippen LogP contribution in [0, 0.1) is 11.8 Å². The summed E-state index contributed by atoms with van der Waals surface area (Å²) in [5.41, 5.74) is 0. The molecule has 3 nitrogen and oxygen atoms in total. The molecular formula is C17H34N2O. The molecule has 20 heavy (non-hydrogen) atoms. The predicted octanol–water partition coefficient (Wildman–Crippen LogP) is 2.90. The monoisotopic (exact) mass is 282 g/mol.